The van der Waals surface area contributed by atoms with Gasteiger partial charge in [0.2, 0.25) is 0 Å². The van der Waals surface area contributed by atoms with Crippen LogP contribution < -0.4 is 5.32 Å². The number of nitrogens with one attached hydrogen (secondary N) is 1. The lowest BCUT2D eigenvalue weighted by Crippen LogP contribution is -2.18. The molecular formula is C17H22N2. The number of benzene rings is 1. The zero-order valence-electron chi connectivity index (χ0n) is 11.6. The van der Waals surface area contributed by atoms with Crippen LogP contribution in [-0.2, 0) is 19.5 Å². The van der Waals surface area contributed by atoms with E-state index < -0.39 is 0 Å². The molecule has 1 aliphatic rings. The molecule has 1 N–H and O–H groups in total. The summed E-state index contributed by atoms with van der Waals surface area (Å²) in [5, 5.41) is 3.70. The Morgan fingerprint density at radius 2 is 2.16 bits per heavy atom. The molecule has 1 unspecified atom stereocenters. The van der Waals surface area contributed by atoms with Crippen molar-refractivity contribution in [3.8, 4) is 0 Å². The highest BCUT2D eigenvalue weighted by atomic mass is 15.0. The summed E-state index contributed by atoms with van der Waals surface area (Å²) in [6, 6.07) is 11.6. The van der Waals surface area contributed by atoms with Crippen LogP contribution in [0.15, 0.2) is 42.7 Å². The fourth-order valence-electron chi connectivity index (χ4n) is 3.00. The summed E-state index contributed by atoms with van der Waals surface area (Å²) in [6.45, 7) is 4.30. The number of fused-ring (bicyclic) bond motifs is 1. The summed E-state index contributed by atoms with van der Waals surface area (Å²) in [5.74, 6) is 0. The van der Waals surface area contributed by atoms with E-state index in [0.717, 1.165) is 13.1 Å². The van der Waals surface area contributed by atoms with E-state index in [1.54, 1.807) is 0 Å². The zero-order valence-corrected chi connectivity index (χ0v) is 11.6. The molecule has 2 heteroatoms. The second-order valence-electron chi connectivity index (χ2n) is 5.43. The average molecular weight is 254 g/mol. The van der Waals surface area contributed by atoms with Crippen molar-refractivity contribution in [3.05, 3.63) is 59.4 Å². The van der Waals surface area contributed by atoms with Gasteiger partial charge >= 0.3 is 0 Å². The molecule has 1 heterocycles. The number of rotatable bonds is 5. The first-order chi connectivity index (χ1) is 9.36. The Morgan fingerprint density at radius 1 is 1.26 bits per heavy atom. The quantitative estimate of drug-likeness (QED) is 0.861. The third kappa shape index (κ3) is 2.74. The van der Waals surface area contributed by atoms with Crippen molar-refractivity contribution >= 4 is 0 Å². The minimum Gasteiger partial charge on any atom is -0.354 e. The maximum Gasteiger partial charge on any atom is 0.0329 e. The number of nitrogens with zero attached hydrogens (tertiary/aromatic N) is 1. The molecule has 0 spiro atoms. The molecule has 1 aromatic heterocycles. The van der Waals surface area contributed by atoms with Crippen molar-refractivity contribution in [1.82, 2.24) is 9.88 Å². The summed E-state index contributed by atoms with van der Waals surface area (Å²) in [6.07, 6.45) is 8.08. The van der Waals surface area contributed by atoms with Crippen molar-refractivity contribution in [2.45, 2.75) is 45.3 Å². The summed E-state index contributed by atoms with van der Waals surface area (Å²) >= 11 is 0. The molecule has 1 atom stereocenters. The van der Waals surface area contributed by atoms with Gasteiger partial charge in [-0.2, -0.15) is 0 Å². The highest BCUT2D eigenvalue weighted by molar-refractivity contribution is 5.34. The summed E-state index contributed by atoms with van der Waals surface area (Å²) in [4.78, 5) is 0. The standard InChI is InChI=1S/C17H22N2/c1-2-10-19-11-9-14(13-19)12-18-17-8-7-15-5-3-4-6-16(15)17/h3-6,9,11,13,17-18H,2,7-8,10,12H2,1H3. The minimum atomic E-state index is 0.533. The first-order valence-corrected chi connectivity index (χ1v) is 7.32. The van der Waals surface area contributed by atoms with Crippen LogP contribution in [0.5, 0.6) is 0 Å². The van der Waals surface area contributed by atoms with Crippen molar-refractivity contribution in [3.63, 3.8) is 0 Å². The second-order valence-corrected chi connectivity index (χ2v) is 5.43. The molecule has 1 aliphatic carbocycles. The molecule has 0 fully saturated rings. The maximum absolute atomic E-state index is 3.70. The maximum atomic E-state index is 3.70. The van der Waals surface area contributed by atoms with Crippen LogP contribution >= 0.6 is 0 Å². The Morgan fingerprint density at radius 3 is 3.05 bits per heavy atom. The molecule has 0 aliphatic heterocycles. The van der Waals surface area contributed by atoms with E-state index >= 15 is 0 Å². The minimum absolute atomic E-state index is 0.533. The van der Waals surface area contributed by atoms with E-state index in [4.69, 9.17) is 0 Å². The summed E-state index contributed by atoms with van der Waals surface area (Å²) < 4.78 is 2.28. The van der Waals surface area contributed by atoms with Crippen LogP contribution in [0.4, 0.5) is 0 Å². The normalized spacial score (nSPS) is 17.6. The second kappa shape index (κ2) is 5.62. The molecule has 0 amide bonds. The van der Waals surface area contributed by atoms with Gasteiger partial charge in [0, 0.05) is 31.5 Å². The molecule has 0 radical (unpaired) electrons. The monoisotopic (exact) mass is 254 g/mol. The van der Waals surface area contributed by atoms with Crippen LogP contribution in [0.1, 0.15) is 42.5 Å². The molecule has 1 aromatic carbocycles. The highest BCUT2D eigenvalue weighted by Crippen LogP contribution is 2.30. The van der Waals surface area contributed by atoms with Gasteiger partial charge in [-0.05, 0) is 42.0 Å². The Hall–Kier alpha value is -1.54. The Labute approximate surface area is 115 Å². The van der Waals surface area contributed by atoms with E-state index in [-0.39, 0.29) is 0 Å². The molecule has 0 bridgehead atoms. The van der Waals surface area contributed by atoms with E-state index in [1.807, 2.05) is 0 Å². The van der Waals surface area contributed by atoms with Gasteiger partial charge < -0.3 is 9.88 Å². The average Bonchev–Trinajstić information content (AvgIpc) is 3.04. The van der Waals surface area contributed by atoms with E-state index in [1.165, 1.54) is 36.0 Å². The van der Waals surface area contributed by atoms with Gasteiger partial charge in [0.1, 0.15) is 0 Å². The first-order valence-electron chi connectivity index (χ1n) is 7.32. The molecular weight excluding hydrogens is 232 g/mol. The number of aryl methyl sites for hydroxylation is 2. The number of hydrogen-bond acceptors (Lipinski definition) is 1. The van der Waals surface area contributed by atoms with Gasteiger partial charge in [-0.25, -0.2) is 0 Å². The van der Waals surface area contributed by atoms with Gasteiger partial charge in [0.05, 0.1) is 0 Å². The van der Waals surface area contributed by atoms with Crippen molar-refractivity contribution in [2.75, 3.05) is 0 Å². The van der Waals surface area contributed by atoms with Gasteiger partial charge in [-0.15, -0.1) is 0 Å². The van der Waals surface area contributed by atoms with Crippen LogP contribution in [0, 0.1) is 0 Å². The Balaban J connectivity index is 1.61. The van der Waals surface area contributed by atoms with Crippen LogP contribution in [0.3, 0.4) is 0 Å². The smallest absolute Gasteiger partial charge is 0.0329 e. The third-order valence-electron chi connectivity index (χ3n) is 3.98. The zero-order chi connectivity index (χ0) is 13.1. The van der Waals surface area contributed by atoms with Crippen molar-refractivity contribution in [2.24, 2.45) is 0 Å². The fourth-order valence-corrected chi connectivity index (χ4v) is 3.00. The summed E-state index contributed by atoms with van der Waals surface area (Å²) in [5.41, 5.74) is 4.40. The van der Waals surface area contributed by atoms with Crippen molar-refractivity contribution < 1.29 is 0 Å². The van der Waals surface area contributed by atoms with Gasteiger partial charge in [-0.1, -0.05) is 31.2 Å². The third-order valence-corrected chi connectivity index (χ3v) is 3.98. The number of aromatic nitrogens is 1. The molecule has 2 nitrogen and oxygen atoms in total. The molecule has 19 heavy (non-hydrogen) atoms. The largest absolute Gasteiger partial charge is 0.354 e. The van der Waals surface area contributed by atoms with Crippen LogP contribution in [-0.4, -0.2) is 4.57 Å². The Kier molecular flexibility index (Phi) is 3.69. The van der Waals surface area contributed by atoms with Crippen LogP contribution in [0.2, 0.25) is 0 Å². The van der Waals surface area contributed by atoms with Gasteiger partial charge in [0.25, 0.3) is 0 Å². The molecule has 100 valence electrons. The van der Waals surface area contributed by atoms with Crippen LogP contribution in [0.25, 0.3) is 0 Å². The number of hydrogen-bond donors (Lipinski definition) is 1. The predicted molar refractivity (Wildman–Crippen MR) is 79.1 cm³/mol. The lowest BCUT2D eigenvalue weighted by atomic mass is 10.1. The SMILES string of the molecule is CCCn1ccc(CNC2CCc3ccccc32)c1. The van der Waals surface area contributed by atoms with E-state index in [2.05, 4.69) is 59.5 Å². The first kappa shape index (κ1) is 12.5. The summed E-state index contributed by atoms with van der Waals surface area (Å²) in [7, 11) is 0. The lowest BCUT2D eigenvalue weighted by molar-refractivity contribution is 0.529. The van der Waals surface area contributed by atoms with E-state index in [0.29, 0.717) is 6.04 Å². The van der Waals surface area contributed by atoms with Gasteiger partial charge in [0.15, 0.2) is 0 Å². The molecule has 3 rings (SSSR count). The highest BCUT2D eigenvalue weighted by Gasteiger charge is 2.20. The van der Waals surface area contributed by atoms with E-state index in [9.17, 15) is 0 Å². The topological polar surface area (TPSA) is 17.0 Å². The predicted octanol–water partition coefficient (Wildman–Crippen LogP) is 3.68. The van der Waals surface area contributed by atoms with Crippen molar-refractivity contribution in [1.29, 1.82) is 0 Å². The fraction of sp³-hybridized carbons (Fsp3) is 0.412. The Bertz CT molecular complexity index is 542. The lowest BCUT2D eigenvalue weighted by Gasteiger charge is -2.13. The molecule has 0 saturated heterocycles. The molecule has 0 saturated carbocycles. The molecule has 2 aromatic rings. The van der Waals surface area contributed by atoms with Gasteiger partial charge in [-0.3, -0.25) is 0 Å².